The molecule has 1 atom stereocenters. The van der Waals surface area contributed by atoms with Crippen LogP contribution in [0.4, 0.5) is 16.4 Å². The van der Waals surface area contributed by atoms with Crippen LogP contribution in [-0.4, -0.2) is 32.2 Å². The van der Waals surface area contributed by atoms with Crippen LogP contribution in [0.3, 0.4) is 0 Å². The average molecular weight is 558 g/mol. The molecule has 208 valence electrons. The first-order valence-electron chi connectivity index (χ1n) is 13.6. The molecule has 1 aliphatic rings. The number of nitrogens with zero attached hydrogens (tertiary/aromatic N) is 3. The fraction of sp³-hybridized carbons (Fsp3) is 0.355. The van der Waals surface area contributed by atoms with Gasteiger partial charge in [0.25, 0.3) is 0 Å². The number of amides is 1. The zero-order valence-electron chi connectivity index (χ0n) is 23.1. The van der Waals surface area contributed by atoms with Gasteiger partial charge in [-0.2, -0.15) is 0 Å². The van der Waals surface area contributed by atoms with Crippen molar-refractivity contribution >= 4 is 29.1 Å². The van der Waals surface area contributed by atoms with E-state index in [9.17, 15) is 9.90 Å². The maximum Gasteiger partial charge on any atom is 0.407 e. The molecule has 40 heavy (non-hydrogen) atoms. The van der Waals surface area contributed by atoms with E-state index in [1.807, 2.05) is 63.4 Å². The van der Waals surface area contributed by atoms with Gasteiger partial charge in [-0.05, 0) is 87.3 Å². The van der Waals surface area contributed by atoms with Crippen LogP contribution >= 0.6 is 11.3 Å². The van der Waals surface area contributed by atoms with E-state index in [-0.39, 0.29) is 18.6 Å². The van der Waals surface area contributed by atoms with Crippen LogP contribution in [0.2, 0.25) is 0 Å². The third-order valence-corrected chi connectivity index (χ3v) is 8.68. The first-order valence-corrected chi connectivity index (χ1v) is 14.4. The van der Waals surface area contributed by atoms with Crippen molar-refractivity contribution in [1.82, 2.24) is 20.3 Å². The monoisotopic (exact) mass is 557 g/mol. The number of ether oxygens (including phenoxy) is 1. The van der Waals surface area contributed by atoms with Gasteiger partial charge < -0.3 is 20.5 Å². The predicted molar refractivity (Wildman–Crippen MR) is 157 cm³/mol. The highest BCUT2D eigenvalue weighted by molar-refractivity contribution is 7.15. The maximum absolute atomic E-state index is 12.3. The van der Waals surface area contributed by atoms with Crippen LogP contribution in [0.1, 0.15) is 54.4 Å². The molecule has 0 saturated heterocycles. The zero-order chi connectivity index (χ0) is 28.1. The van der Waals surface area contributed by atoms with Gasteiger partial charge in [0, 0.05) is 29.8 Å². The lowest BCUT2D eigenvalue weighted by atomic mass is 9.76. The van der Waals surface area contributed by atoms with Crippen molar-refractivity contribution in [3.8, 4) is 10.4 Å². The van der Waals surface area contributed by atoms with Gasteiger partial charge in [0.2, 0.25) is 5.95 Å². The first kappa shape index (κ1) is 27.7. The molecule has 1 saturated carbocycles. The number of benzene rings is 2. The molecular formula is C31H35N5O3S. The molecule has 1 fully saturated rings. The normalized spacial score (nSPS) is 18.5. The second-order valence-electron chi connectivity index (χ2n) is 10.7. The lowest BCUT2D eigenvalue weighted by Gasteiger charge is -2.36. The molecule has 2 aromatic carbocycles. The number of carbonyl (C=O) groups excluding carboxylic acids is 1. The lowest BCUT2D eigenvalue weighted by Crippen LogP contribution is -2.42. The standard InChI is InChI=1S/C31H35N5O3S/c1-20-15-23(17-26(16-20)35-29-32-14-13-21(2)34-29)27-18-33-28(40-27)31(3,38)24-9-11-25(12-10-24)36-30(37)39-19-22-7-5-4-6-8-22/h4-8,13-18,24-25,38H,9-12,19H2,1-3H3,(H,36,37)(H,32,34,35). The summed E-state index contributed by atoms with van der Waals surface area (Å²) in [6, 6.07) is 17.8. The summed E-state index contributed by atoms with van der Waals surface area (Å²) in [7, 11) is 0. The predicted octanol–water partition coefficient (Wildman–Crippen LogP) is 6.65. The van der Waals surface area contributed by atoms with E-state index >= 15 is 0 Å². The number of alkyl carbamates (subject to hydrolysis) is 1. The highest BCUT2D eigenvalue weighted by Crippen LogP contribution is 2.42. The number of hydrogen-bond acceptors (Lipinski definition) is 8. The van der Waals surface area contributed by atoms with Gasteiger partial charge in [-0.15, -0.1) is 11.3 Å². The highest BCUT2D eigenvalue weighted by atomic mass is 32.1. The van der Waals surface area contributed by atoms with Crippen molar-refractivity contribution < 1.29 is 14.6 Å². The molecule has 0 radical (unpaired) electrons. The number of aromatic nitrogens is 3. The molecule has 0 aliphatic heterocycles. The van der Waals surface area contributed by atoms with E-state index in [0.717, 1.165) is 58.6 Å². The summed E-state index contributed by atoms with van der Waals surface area (Å²) in [6.07, 6.45) is 6.33. The number of anilines is 2. The van der Waals surface area contributed by atoms with Crippen molar-refractivity contribution in [2.45, 2.75) is 64.7 Å². The Balaban J connectivity index is 1.19. The molecule has 2 heterocycles. The fourth-order valence-corrected chi connectivity index (χ4v) is 6.21. The maximum atomic E-state index is 12.3. The molecule has 9 heteroatoms. The topological polar surface area (TPSA) is 109 Å². The van der Waals surface area contributed by atoms with Crippen LogP contribution < -0.4 is 10.6 Å². The Bertz CT molecular complexity index is 1450. The molecule has 4 aromatic rings. The molecule has 1 aliphatic carbocycles. The number of hydrogen-bond donors (Lipinski definition) is 3. The fourth-order valence-electron chi connectivity index (χ4n) is 5.18. The SMILES string of the molecule is Cc1cc(Nc2nccc(C)n2)cc(-c2cnc(C(C)(O)C3CCC(NC(=O)OCc4ccccc4)CC3)s2)c1. The van der Waals surface area contributed by atoms with Crippen LogP contribution in [0.15, 0.2) is 67.0 Å². The number of aryl methyl sites for hydroxylation is 2. The summed E-state index contributed by atoms with van der Waals surface area (Å²) in [4.78, 5) is 26.7. The Morgan fingerprint density at radius 2 is 1.85 bits per heavy atom. The molecule has 3 N–H and O–H groups in total. The zero-order valence-corrected chi connectivity index (χ0v) is 23.9. The third-order valence-electron chi connectivity index (χ3n) is 7.41. The van der Waals surface area contributed by atoms with Crippen LogP contribution in [0, 0.1) is 19.8 Å². The largest absolute Gasteiger partial charge is 0.445 e. The smallest absolute Gasteiger partial charge is 0.407 e. The summed E-state index contributed by atoms with van der Waals surface area (Å²) in [5.41, 5.74) is 3.82. The van der Waals surface area contributed by atoms with E-state index in [2.05, 4.69) is 43.8 Å². The summed E-state index contributed by atoms with van der Waals surface area (Å²) in [5, 5.41) is 18.6. The lowest BCUT2D eigenvalue weighted by molar-refractivity contribution is -0.0248. The number of nitrogens with one attached hydrogen (secondary N) is 2. The Labute approximate surface area is 238 Å². The van der Waals surface area contributed by atoms with Gasteiger partial charge in [-0.1, -0.05) is 36.4 Å². The minimum Gasteiger partial charge on any atom is -0.445 e. The van der Waals surface area contributed by atoms with E-state index < -0.39 is 11.7 Å². The number of carbonyl (C=O) groups is 1. The van der Waals surface area contributed by atoms with Gasteiger partial charge in [-0.25, -0.2) is 19.7 Å². The molecule has 1 amide bonds. The van der Waals surface area contributed by atoms with Crippen molar-refractivity contribution in [2.75, 3.05) is 5.32 Å². The molecular weight excluding hydrogens is 522 g/mol. The Kier molecular flexibility index (Phi) is 8.42. The van der Waals surface area contributed by atoms with Gasteiger partial charge >= 0.3 is 6.09 Å². The second kappa shape index (κ2) is 12.1. The molecule has 1 unspecified atom stereocenters. The Morgan fingerprint density at radius 3 is 2.60 bits per heavy atom. The van der Waals surface area contributed by atoms with Gasteiger partial charge in [0.15, 0.2) is 0 Å². The van der Waals surface area contributed by atoms with Crippen molar-refractivity contribution in [3.63, 3.8) is 0 Å². The average Bonchev–Trinajstić information content (AvgIpc) is 3.44. The summed E-state index contributed by atoms with van der Waals surface area (Å²) in [5.74, 6) is 0.608. The summed E-state index contributed by atoms with van der Waals surface area (Å²) >= 11 is 1.52. The molecule has 0 bridgehead atoms. The minimum atomic E-state index is -1.05. The van der Waals surface area contributed by atoms with Gasteiger partial charge in [-0.3, -0.25) is 0 Å². The van der Waals surface area contributed by atoms with E-state index in [0.29, 0.717) is 11.0 Å². The van der Waals surface area contributed by atoms with Crippen molar-refractivity contribution in [3.05, 3.63) is 88.8 Å². The van der Waals surface area contributed by atoms with Crippen LogP contribution in [-0.2, 0) is 16.9 Å². The van der Waals surface area contributed by atoms with Crippen LogP contribution in [0.5, 0.6) is 0 Å². The van der Waals surface area contributed by atoms with Gasteiger partial charge in [0.1, 0.15) is 17.2 Å². The van der Waals surface area contributed by atoms with E-state index in [1.165, 1.54) is 11.3 Å². The van der Waals surface area contributed by atoms with E-state index in [4.69, 9.17) is 4.74 Å². The third kappa shape index (κ3) is 6.84. The Morgan fingerprint density at radius 1 is 1.07 bits per heavy atom. The van der Waals surface area contributed by atoms with Crippen molar-refractivity contribution in [2.24, 2.45) is 5.92 Å². The molecule has 2 aromatic heterocycles. The summed E-state index contributed by atoms with van der Waals surface area (Å²) < 4.78 is 5.38. The molecule has 5 rings (SSSR count). The number of rotatable bonds is 8. The molecule has 8 nitrogen and oxygen atoms in total. The summed E-state index contributed by atoms with van der Waals surface area (Å²) in [6.45, 7) is 6.10. The quantitative estimate of drug-likeness (QED) is 0.222. The number of aliphatic hydroxyl groups is 1. The number of thiazole rings is 1. The second-order valence-corrected chi connectivity index (χ2v) is 11.7. The first-order chi connectivity index (χ1) is 19.3. The minimum absolute atomic E-state index is 0.0396. The van der Waals surface area contributed by atoms with Crippen molar-refractivity contribution in [1.29, 1.82) is 0 Å². The molecule has 0 spiro atoms. The van der Waals surface area contributed by atoms with E-state index in [1.54, 1.807) is 6.20 Å². The Hall–Kier alpha value is -3.82. The van der Waals surface area contributed by atoms with Gasteiger partial charge in [0.05, 0.1) is 4.88 Å². The van der Waals surface area contributed by atoms with Crippen LogP contribution in [0.25, 0.3) is 10.4 Å². The highest BCUT2D eigenvalue weighted by Gasteiger charge is 2.39.